The summed E-state index contributed by atoms with van der Waals surface area (Å²) in [6, 6.07) is 7.10. The molecule has 0 aliphatic rings. The van der Waals surface area contributed by atoms with E-state index in [2.05, 4.69) is 33.2 Å². The molecular weight excluding hydrogens is 343 g/mol. The fourth-order valence-corrected chi connectivity index (χ4v) is 2.52. The lowest BCUT2D eigenvalue weighted by atomic mass is 9.99. The molecule has 1 atom stereocenters. The first kappa shape index (κ1) is 15.4. The molecule has 1 heterocycles. The summed E-state index contributed by atoms with van der Waals surface area (Å²) < 4.78 is 14.8. The summed E-state index contributed by atoms with van der Waals surface area (Å²) in [6.07, 6.45) is 3.81. The Balaban J connectivity index is 2.41. The number of pyridine rings is 1. The van der Waals surface area contributed by atoms with Crippen molar-refractivity contribution in [1.29, 1.82) is 0 Å². The number of hydrogen-bond donors (Lipinski definition) is 1. The molecule has 5 heteroatoms. The largest absolute Gasteiger partial charge is 0.306 e. The van der Waals surface area contributed by atoms with Crippen LogP contribution >= 0.6 is 27.5 Å². The van der Waals surface area contributed by atoms with Gasteiger partial charge in [0, 0.05) is 16.2 Å². The van der Waals surface area contributed by atoms with E-state index in [0.717, 1.165) is 23.0 Å². The molecule has 0 saturated carbocycles. The summed E-state index contributed by atoms with van der Waals surface area (Å²) in [4.78, 5) is 3.80. The van der Waals surface area contributed by atoms with E-state index in [1.807, 2.05) is 12.1 Å². The van der Waals surface area contributed by atoms with Gasteiger partial charge in [0.25, 0.3) is 0 Å². The lowest BCUT2D eigenvalue weighted by Crippen LogP contribution is -2.24. The van der Waals surface area contributed by atoms with Crippen molar-refractivity contribution in [1.82, 2.24) is 10.3 Å². The highest BCUT2D eigenvalue weighted by atomic mass is 79.9. The molecule has 0 aliphatic carbocycles. The van der Waals surface area contributed by atoms with Crippen molar-refractivity contribution in [3.8, 4) is 0 Å². The minimum Gasteiger partial charge on any atom is -0.306 e. The van der Waals surface area contributed by atoms with E-state index in [9.17, 15) is 4.39 Å². The van der Waals surface area contributed by atoms with Crippen molar-refractivity contribution in [2.75, 3.05) is 6.54 Å². The van der Waals surface area contributed by atoms with Gasteiger partial charge in [-0.25, -0.2) is 4.39 Å². The highest BCUT2D eigenvalue weighted by Crippen LogP contribution is 2.30. The zero-order chi connectivity index (χ0) is 14.5. The Hall–Kier alpha value is -0.970. The van der Waals surface area contributed by atoms with Gasteiger partial charge in [-0.05, 0) is 52.7 Å². The first-order valence-corrected chi connectivity index (χ1v) is 7.58. The van der Waals surface area contributed by atoms with Crippen LogP contribution in [0.1, 0.15) is 30.5 Å². The number of aromatic nitrogens is 1. The van der Waals surface area contributed by atoms with Crippen molar-refractivity contribution < 1.29 is 4.39 Å². The number of rotatable bonds is 5. The molecule has 0 aliphatic heterocycles. The van der Waals surface area contributed by atoms with Gasteiger partial charge in [-0.15, -0.1) is 0 Å². The summed E-state index contributed by atoms with van der Waals surface area (Å²) in [6.45, 7) is 2.87. The lowest BCUT2D eigenvalue weighted by Gasteiger charge is -2.20. The van der Waals surface area contributed by atoms with Gasteiger partial charge in [0.15, 0.2) is 0 Å². The lowest BCUT2D eigenvalue weighted by molar-refractivity contribution is 0.543. The van der Waals surface area contributed by atoms with Crippen molar-refractivity contribution in [3.63, 3.8) is 0 Å². The highest BCUT2D eigenvalue weighted by molar-refractivity contribution is 9.10. The Kier molecular flexibility index (Phi) is 5.52. The van der Waals surface area contributed by atoms with E-state index >= 15 is 0 Å². The number of nitrogens with zero attached hydrogens (tertiary/aromatic N) is 1. The standard InChI is InChI=1S/C15H15BrClFN2/c1-2-6-20-15(11-5-7-19-9-14(11)18)10-3-4-13(17)12(16)8-10/h3-5,7-9,15,20H,2,6H2,1H3. The maximum atomic E-state index is 14.0. The van der Waals surface area contributed by atoms with Crippen LogP contribution in [0.4, 0.5) is 4.39 Å². The average Bonchev–Trinajstić information content (AvgIpc) is 2.44. The molecule has 0 amide bonds. The molecule has 20 heavy (non-hydrogen) atoms. The number of hydrogen-bond acceptors (Lipinski definition) is 2. The van der Waals surface area contributed by atoms with E-state index < -0.39 is 0 Å². The van der Waals surface area contributed by atoms with Gasteiger partial charge in [-0.2, -0.15) is 0 Å². The summed E-state index contributed by atoms with van der Waals surface area (Å²) in [5.41, 5.74) is 1.54. The van der Waals surface area contributed by atoms with Gasteiger partial charge in [0.2, 0.25) is 0 Å². The second kappa shape index (κ2) is 7.16. The summed E-state index contributed by atoms with van der Waals surface area (Å²) in [5, 5.41) is 4.00. The molecule has 0 spiro atoms. The van der Waals surface area contributed by atoms with Crippen LogP contribution in [-0.4, -0.2) is 11.5 Å². The maximum Gasteiger partial charge on any atom is 0.146 e. The molecule has 2 nitrogen and oxygen atoms in total. The third kappa shape index (κ3) is 3.57. The molecule has 2 aromatic rings. The average molecular weight is 358 g/mol. The molecule has 1 aromatic heterocycles. The monoisotopic (exact) mass is 356 g/mol. The quantitative estimate of drug-likeness (QED) is 0.837. The van der Waals surface area contributed by atoms with Crippen LogP contribution in [0.15, 0.2) is 41.1 Å². The second-order valence-corrected chi connectivity index (χ2v) is 5.72. The molecule has 1 N–H and O–H groups in total. The highest BCUT2D eigenvalue weighted by Gasteiger charge is 2.18. The van der Waals surface area contributed by atoms with Crippen molar-refractivity contribution in [2.24, 2.45) is 0 Å². The Morgan fingerprint density at radius 2 is 2.20 bits per heavy atom. The Morgan fingerprint density at radius 1 is 1.40 bits per heavy atom. The topological polar surface area (TPSA) is 24.9 Å². The van der Waals surface area contributed by atoms with Gasteiger partial charge in [-0.3, -0.25) is 4.98 Å². The van der Waals surface area contributed by atoms with Crippen LogP contribution in [-0.2, 0) is 0 Å². The summed E-state index contributed by atoms with van der Waals surface area (Å²) >= 11 is 9.42. The zero-order valence-corrected chi connectivity index (χ0v) is 13.4. The van der Waals surface area contributed by atoms with Crippen LogP contribution < -0.4 is 5.32 Å². The minimum atomic E-state index is -0.313. The maximum absolute atomic E-state index is 14.0. The van der Waals surface area contributed by atoms with Gasteiger partial charge in [-0.1, -0.05) is 24.6 Å². The van der Waals surface area contributed by atoms with E-state index in [0.29, 0.717) is 10.6 Å². The summed E-state index contributed by atoms with van der Waals surface area (Å²) in [7, 11) is 0. The SMILES string of the molecule is CCCNC(c1ccc(Cl)c(Br)c1)c1ccncc1F. The summed E-state index contributed by atoms with van der Waals surface area (Å²) in [5.74, 6) is -0.313. The predicted molar refractivity (Wildman–Crippen MR) is 83.5 cm³/mol. The van der Waals surface area contributed by atoms with E-state index in [1.54, 1.807) is 18.3 Å². The molecule has 106 valence electrons. The first-order chi connectivity index (χ1) is 9.63. The Morgan fingerprint density at radius 3 is 2.85 bits per heavy atom. The van der Waals surface area contributed by atoms with Gasteiger partial charge < -0.3 is 5.32 Å². The van der Waals surface area contributed by atoms with Gasteiger partial charge in [0.05, 0.1) is 17.3 Å². The first-order valence-electron chi connectivity index (χ1n) is 6.41. The van der Waals surface area contributed by atoms with Gasteiger partial charge in [0.1, 0.15) is 5.82 Å². The number of benzene rings is 1. The van der Waals surface area contributed by atoms with Gasteiger partial charge >= 0.3 is 0 Å². The van der Waals surface area contributed by atoms with E-state index in [1.165, 1.54) is 6.20 Å². The molecule has 0 bridgehead atoms. The third-order valence-electron chi connectivity index (χ3n) is 2.99. The molecule has 0 saturated heterocycles. The smallest absolute Gasteiger partial charge is 0.146 e. The fraction of sp³-hybridized carbons (Fsp3) is 0.267. The molecule has 2 rings (SSSR count). The second-order valence-electron chi connectivity index (χ2n) is 4.46. The van der Waals surface area contributed by atoms with Crippen molar-refractivity contribution in [2.45, 2.75) is 19.4 Å². The number of halogens is 3. The Labute approximate surface area is 131 Å². The van der Waals surface area contributed by atoms with Crippen molar-refractivity contribution in [3.05, 3.63) is 63.1 Å². The van der Waals surface area contributed by atoms with Crippen molar-refractivity contribution >= 4 is 27.5 Å². The predicted octanol–water partition coefficient (Wildman–Crippen LogP) is 4.73. The molecule has 1 aromatic carbocycles. The molecular formula is C15H15BrClFN2. The number of nitrogens with one attached hydrogen (secondary N) is 1. The minimum absolute atomic E-state index is 0.216. The third-order valence-corrected chi connectivity index (χ3v) is 4.20. The molecule has 0 radical (unpaired) electrons. The van der Waals surface area contributed by atoms with Crippen LogP contribution in [0, 0.1) is 5.82 Å². The molecule has 0 fully saturated rings. The zero-order valence-electron chi connectivity index (χ0n) is 11.0. The van der Waals surface area contributed by atoms with Crippen LogP contribution in [0.3, 0.4) is 0 Å². The van der Waals surface area contributed by atoms with E-state index in [4.69, 9.17) is 11.6 Å². The Bertz CT molecular complexity index is 592. The normalized spacial score (nSPS) is 12.4. The van der Waals surface area contributed by atoms with Crippen LogP contribution in [0.2, 0.25) is 5.02 Å². The molecule has 1 unspecified atom stereocenters. The van der Waals surface area contributed by atoms with E-state index in [-0.39, 0.29) is 11.9 Å². The van der Waals surface area contributed by atoms with Crippen LogP contribution in [0.5, 0.6) is 0 Å². The van der Waals surface area contributed by atoms with Crippen LogP contribution in [0.25, 0.3) is 0 Å². The fourth-order valence-electron chi connectivity index (χ4n) is 2.01.